The smallest absolute Gasteiger partial charge is 0.243 e. The van der Waals surface area contributed by atoms with Crippen LogP contribution in [0.5, 0.6) is 0 Å². The predicted molar refractivity (Wildman–Crippen MR) is 73.9 cm³/mol. The van der Waals surface area contributed by atoms with E-state index < -0.39 is 20.7 Å². The van der Waals surface area contributed by atoms with Gasteiger partial charge in [0.15, 0.2) is 0 Å². The van der Waals surface area contributed by atoms with Gasteiger partial charge < -0.3 is 5.73 Å². The number of anilines is 1. The fraction of sp³-hybridized carbons (Fsp3) is 0.167. The number of benzene rings is 1. The summed E-state index contributed by atoms with van der Waals surface area (Å²) in [5.74, 6) is -0.801. The fourth-order valence-electron chi connectivity index (χ4n) is 1.52. The maximum absolute atomic E-state index is 13.7. The molecule has 19 heavy (non-hydrogen) atoms. The average molecular weight is 300 g/mol. The minimum absolute atomic E-state index is 0.124. The normalized spacial score (nSPS) is 11.7. The summed E-state index contributed by atoms with van der Waals surface area (Å²) in [7, 11) is -3.91. The quantitative estimate of drug-likeness (QED) is 0.851. The van der Waals surface area contributed by atoms with E-state index >= 15 is 0 Å². The van der Waals surface area contributed by atoms with Gasteiger partial charge in [0, 0.05) is 12.2 Å². The molecule has 0 fully saturated rings. The van der Waals surface area contributed by atoms with Crippen LogP contribution in [0.1, 0.15) is 11.1 Å². The van der Waals surface area contributed by atoms with Crippen molar-refractivity contribution >= 4 is 27.0 Å². The largest absolute Gasteiger partial charge is 0.398 e. The summed E-state index contributed by atoms with van der Waals surface area (Å²) >= 11 is 1.46. The van der Waals surface area contributed by atoms with Crippen molar-refractivity contribution in [3.63, 3.8) is 0 Å². The van der Waals surface area contributed by atoms with E-state index in [1.165, 1.54) is 11.3 Å². The number of nitrogens with two attached hydrogens (primary N) is 1. The van der Waals surface area contributed by atoms with Gasteiger partial charge in [-0.2, -0.15) is 11.3 Å². The van der Waals surface area contributed by atoms with Crippen LogP contribution >= 0.6 is 11.3 Å². The molecule has 2 aromatic rings. The maximum atomic E-state index is 13.7. The van der Waals surface area contributed by atoms with Crippen molar-refractivity contribution in [2.75, 3.05) is 5.73 Å². The summed E-state index contributed by atoms with van der Waals surface area (Å²) in [6, 6.07) is 4.06. The Balaban J connectivity index is 2.27. The molecule has 0 atom stereocenters. The topological polar surface area (TPSA) is 72.2 Å². The summed E-state index contributed by atoms with van der Waals surface area (Å²) < 4.78 is 40.1. The van der Waals surface area contributed by atoms with Gasteiger partial charge in [-0.15, -0.1) is 0 Å². The van der Waals surface area contributed by atoms with E-state index in [-0.39, 0.29) is 12.2 Å². The van der Waals surface area contributed by atoms with Gasteiger partial charge >= 0.3 is 0 Å². The number of nitrogen functional groups attached to an aromatic ring is 1. The number of nitrogens with one attached hydrogen (secondary N) is 1. The molecule has 1 aromatic carbocycles. The molecule has 0 aliphatic carbocycles. The second-order valence-corrected chi connectivity index (χ2v) is 6.61. The van der Waals surface area contributed by atoms with Crippen molar-refractivity contribution in [1.29, 1.82) is 0 Å². The molecule has 1 heterocycles. The predicted octanol–water partition coefficient (Wildman–Crippen LogP) is 2.26. The zero-order valence-electron chi connectivity index (χ0n) is 10.2. The molecule has 2 rings (SSSR count). The van der Waals surface area contributed by atoms with Gasteiger partial charge in [0.05, 0.1) is 0 Å². The Morgan fingerprint density at radius 3 is 2.79 bits per heavy atom. The monoisotopic (exact) mass is 300 g/mol. The highest BCUT2D eigenvalue weighted by Crippen LogP contribution is 2.21. The maximum Gasteiger partial charge on any atom is 0.243 e. The van der Waals surface area contributed by atoms with Crippen LogP contribution in [-0.2, 0) is 16.6 Å². The molecule has 0 amide bonds. The van der Waals surface area contributed by atoms with Gasteiger partial charge in [-0.1, -0.05) is 0 Å². The van der Waals surface area contributed by atoms with Gasteiger partial charge in [-0.25, -0.2) is 17.5 Å². The average Bonchev–Trinajstić information content (AvgIpc) is 2.84. The van der Waals surface area contributed by atoms with Crippen molar-refractivity contribution in [3.8, 4) is 0 Å². The van der Waals surface area contributed by atoms with Gasteiger partial charge in [0.2, 0.25) is 10.0 Å². The first-order valence-electron chi connectivity index (χ1n) is 5.46. The number of hydrogen-bond acceptors (Lipinski definition) is 4. The number of thiophene rings is 1. The van der Waals surface area contributed by atoms with Crippen molar-refractivity contribution in [2.24, 2.45) is 0 Å². The lowest BCUT2D eigenvalue weighted by Gasteiger charge is -2.09. The van der Waals surface area contributed by atoms with Crippen LogP contribution in [0, 0.1) is 12.7 Å². The molecule has 0 radical (unpaired) electrons. The Bertz CT molecular complexity index is 682. The third-order valence-electron chi connectivity index (χ3n) is 2.66. The highest BCUT2D eigenvalue weighted by atomic mass is 32.2. The third kappa shape index (κ3) is 3.12. The number of halogens is 1. The van der Waals surface area contributed by atoms with Crippen LogP contribution < -0.4 is 10.5 Å². The molecule has 0 unspecified atom stereocenters. The molecule has 3 N–H and O–H groups in total. The number of rotatable bonds is 4. The molecule has 0 aliphatic heterocycles. The molecule has 0 spiro atoms. The van der Waals surface area contributed by atoms with E-state index in [1.807, 2.05) is 10.8 Å². The lowest BCUT2D eigenvalue weighted by atomic mass is 10.2. The van der Waals surface area contributed by atoms with E-state index in [2.05, 4.69) is 4.72 Å². The Kier molecular flexibility index (Phi) is 3.88. The minimum atomic E-state index is -3.91. The lowest BCUT2D eigenvalue weighted by molar-refractivity contribution is 0.556. The lowest BCUT2D eigenvalue weighted by Crippen LogP contribution is -2.24. The van der Waals surface area contributed by atoms with E-state index in [9.17, 15) is 12.8 Å². The summed E-state index contributed by atoms with van der Waals surface area (Å²) in [5, 5.41) is 3.66. The third-order valence-corrected chi connectivity index (χ3v) is 4.80. The summed E-state index contributed by atoms with van der Waals surface area (Å²) in [6.07, 6.45) is 0. The van der Waals surface area contributed by atoms with E-state index in [4.69, 9.17) is 5.73 Å². The Labute approximate surface area is 115 Å². The molecule has 0 aliphatic rings. The second-order valence-electron chi connectivity index (χ2n) is 4.10. The molecule has 1 aromatic heterocycles. The van der Waals surface area contributed by atoms with Crippen LogP contribution in [0.4, 0.5) is 10.1 Å². The highest BCUT2D eigenvalue weighted by molar-refractivity contribution is 7.89. The first-order valence-corrected chi connectivity index (χ1v) is 7.89. The van der Waals surface area contributed by atoms with Crippen molar-refractivity contribution in [2.45, 2.75) is 18.4 Å². The molecule has 102 valence electrons. The molecule has 4 nitrogen and oxygen atoms in total. The van der Waals surface area contributed by atoms with Gasteiger partial charge in [0.25, 0.3) is 0 Å². The SMILES string of the molecule is Cc1cc(F)c(S(=O)(=O)NCc2ccsc2)cc1N. The first kappa shape index (κ1) is 14.0. The van der Waals surface area contributed by atoms with Crippen LogP contribution in [-0.4, -0.2) is 8.42 Å². The van der Waals surface area contributed by atoms with Crippen molar-refractivity contribution in [3.05, 3.63) is 45.9 Å². The highest BCUT2D eigenvalue weighted by Gasteiger charge is 2.20. The molecule has 0 saturated carbocycles. The number of aryl methyl sites for hydroxylation is 1. The zero-order chi connectivity index (χ0) is 14.0. The van der Waals surface area contributed by atoms with Crippen LogP contribution in [0.2, 0.25) is 0 Å². The minimum Gasteiger partial charge on any atom is -0.398 e. The molecule has 0 saturated heterocycles. The number of sulfonamides is 1. The van der Waals surface area contributed by atoms with E-state index in [0.717, 1.165) is 17.7 Å². The van der Waals surface area contributed by atoms with Crippen LogP contribution in [0.25, 0.3) is 0 Å². The van der Waals surface area contributed by atoms with Crippen molar-refractivity contribution < 1.29 is 12.8 Å². The number of hydrogen-bond donors (Lipinski definition) is 2. The van der Waals surface area contributed by atoms with Gasteiger partial charge in [-0.3, -0.25) is 0 Å². The Morgan fingerprint density at radius 2 is 2.16 bits per heavy atom. The molecule has 0 bridgehead atoms. The standard InChI is InChI=1S/C12H13FN2O2S2/c1-8-4-10(13)12(5-11(8)14)19(16,17)15-6-9-2-3-18-7-9/h2-5,7,15H,6,14H2,1H3. The first-order chi connectivity index (χ1) is 8.90. The van der Waals surface area contributed by atoms with E-state index in [1.54, 1.807) is 13.0 Å². The van der Waals surface area contributed by atoms with Crippen molar-refractivity contribution in [1.82, 2.24) is 4.72 Å². The van der Waals surface area contributed by atoms with Crippen LogP contribution in [0.3, 0.4) is 0 Å². The second kappa shape index (κ2) is 5.28. The molecule has 7 heteroatoms. The summed E-state index contributed by atoms with van der Waals surface area (Å²) in [6.45, 7) is 1.74. The van der Waals surface area contributed by atoms with Gasteiger partial charge in [0.1, 0.15) is 10.7 Å². The molecular weight excluding hydrogens is 287 g/mol. The summed E-state index contributed by atoms with van der Waals surface area (Å²) in [5.41, 5.74) is 7.20. The summed E-state index contributed by atoms with van der Waals surface area (Å²) in [4.78, 5) is -0.425. The Hall–Kier alpha value is -1.44. The zero-order valence-corrected chi connectivity index (χ0v) is 11.8. The van der Waals surface area contributed by atoms with Crippen LogP contribution in [0.15, 0.2) is 33.9 Å². The van der Waals surface area contributed by atoms with Gasteiger partial charge in [-0.05, 0) is 47.0 Å². The Morgan fingerprint density at radius 1 is 1.42 bits per heavy atom. The van der Waals surface area contributed by atoms with E-state index in [0.29, 0.717) is 5.56 Å². The molecular formula is C12H13FN2O2S2. The fourth-order valence-corrected chi connectivity index (χ4v) is 3.30.